The van der Waals surface area contributed by atoms with Crippen LogP contribution in [0.2, 0.25) is 5.02 Å². The smallest absolute Gasteiger partial charge is 0.224 e. The highest BCUT2D eigenvalue weighted by Gasteiger charge is 2.23. The number of nitrogens with zero attached hydrogens (tertiary/aromatic N) is 3. The lowest BCUT2D eigenvalue weighted by Crippen LogP contribution is -2.40. The van der Waals surface area contributed by atoms with Gasteiger partial charge < -0.3 is 15.5 Å². The summed E-state index contributed by atoms with van der Waals surface area (Å²) in [5.41, 5.74) is 0.980. The van der Waals surface area contributed by atoms with Gasteiger partial charge in [0.1, 0.15) is 17.5 Å². The Hall–Kier alpha value is -2.34. The molecule has 0 radical (unpaired) electrons. The monoisotopic (exact) mass is 401 g/mol. The van der Waals surface area contributed by atoms with Crippen molar-refractivity contribution in [2.45, 2.75) is 51.1 Å². The molecule has 3 rings (SSSR count). The van der Waals surface area contributed by atoms with Gasteiger partial charge in [0.2, 0.25) is 5.91 Å². The molecule has 0 spiro atoms. The van der Waals surface area contributed by atoms with E-state index in [-0.39, 0.29) is 11.9 Å². The third-order valence-corrected chi connectivity index (χ3v) is 5.26. The van der Waals surface area contributed by atoms with Crippen LogP contribution in [-0.4, -0.2) is 42.1 Å². The quantitative estimate of drug-likeness (QED) is 0.774. The summed E-state index contributed by atoms with van der Waals surface area (Å²) in [6.45, 7) is 1.91. The summed E-state index contributed by atoms with van der Waals surface area (Å²) in [6, 6.07) is 10.0. The second-order valence-corrected chi connectivity index (χ2v) is 8.05. The van der Waals surface area contributed by atoms with Gasteiger partial charge >= 0.3 is 0 Å². The summed E-state index contributed by atoms with van der Waals surface area (Å²) < 4.78 is 0. The number of hydrogen-bond acceptors (Lipinski definition) is 5. The number of carbonyl (C=O) groups excluding carboxylic acids is 1. The van der Waals surface area contributed by atoms with E-state index in [9.17, 15) is 4.79 Å². The van der Waals surface area contributed by atoms with Gasteiger partial charge in [0.05, 0.1) is 6.42 Å². The molecule has 0 atom stereocenters. The van der Waals surface area contributed by atoms with Gasteiger partial charge in [-0.15, -0.1) is 0 Å². The standard InChI is InChI=1S/C21H28ClN5O/c1-14-23-19(13-20(24-14)27(2)3)25-17-8-10-18(11-9-17)26-21(28)12-15-4-6-16(22)7-5-15/h4-7,13,17-18H,8-12H2,1-3H3,(H,26,28)(H,23,24,25). The minimum atomic E-state index is 0.0702. The van der Waals surface area contributed by atoms with Gasteiger partial charge in [0.25, 0.3) is 0 Å². The molecular formula is C21H28ClN5O. The fourth-order valence-electron chi connectivity index (χ4n) is 3.51. The molecule has 0 saturated heterocycles. The molecule has 150 valence electrons. The molecule has 0 aliphatic heterocycles. The average Bonchev–Trinajstić information content (AvgIpc) is 2.65. The first kappa shape index (κ1) is 20.4. The molecule has 0 unspecified atom stereocenters. The summed E-state index contributed by atoms with van der Waals surface area (Å²) in [7, 11) is 3.95. The molecule has 7 heteroatoms. The highest BCUT2D eigenvalue weighted by Crippen LogP contribution is 2.23. The van der Waals surface area contributed by atoms with E-state index in [1.165, 1.54) is 0 Å². The number of carbonyl (C=O) groups is 1. The number of halogens is 1. The normalized spacial score (nSPS) is 19.1. The van der Waals surface area contributed by atoms with Gasteiger partial charge in [-0.25, -0.2) is 9.97 Å². The summed E-state index contributed by atoms with van der Waals surface area (Å²) in [6.07, 6.45) is 4.34. The van der Waals surface area contributed by atoms with Crippen LogP contribution in [0, 0.1) is 6.92 Å². The van der Waals surface area contributed by atoms with Crippen LogP contribution in [0.5, 0.6) is 0 Å². The van der Waals surface area contributed by atoms with Crippen molar-refractivity contribution in [2.75, 3.05) is 24.3 Å². The Morgan fingerprint density at radius 2 is 1.75 bits per heavy atom. The van der Waals surface area contributed by atoms with E-state index in [4.69, 9.17) is 11.6 Å². The lowest BCUT2D eigenvalue weighted by atomic mass is 9.91. The maximum absolute atomic E-state index is 12.3. The van der Waals surface area contributed by atoms with Crippen molar-refractivity contribution in [3.63, 3.8) is 0 Å². The summed E-state index contributed by atoms with van der Waals surface area (Å²) in [4.78, 5) is 23.2. The first-order valence-corrected chi connectivity index (χ1v) is 10.1. The molecular weight excluding hydrogens is 374 g/mol. The predicted octanol–water partition coefficient (Wildman–Crippen LogP) is 3.59. The fourth-order valence-corrected chi connectivity index (χ4v) is 3.64. The number of rotatable bonds is 6. The molecule has 1 amide bonds. The van der Waals surface area contributed by atoms with Crippen LogP contribution in [-0.2, 0) is 11.2 Å². The van der Waals surface area contributed by atoms with E-state index in [1.54, 1.807) is 0 Å². The number of hydrogen-bond donors (Lipinski definition) is 2. The molecule has 28 heavy (non-hydrogen) atoms. The van der Waals surface area contributed by atoms with E-state index in [1.807, 2.05) is 56.3 Å². The van der Waals surface area contributed by atoms with Crippen molar-refractivity contribution in [1.29, 1.82) is 0 Å². The van der Waals surface area contributed by atoms with Gasteiger partial charge in [0, 0.05) is 37.3 Å². The Morgan fingerprint density at radius 3 is 2.39 bits per heavy atom. The number of aromatic nitrogens is 2. The molecule has 6 nitrogen and oxygen atoms in total. The van der Waals surface area contributed by atoms with E-state index >= 15 is 0 Å². The lowest BCUT2D eigenvalue weighted by molar-refractivity contribution is -0.121. The van der Waals surface area contributed by atoms with Crippen LogP contribution in [0.3, 0.4) is 0 Å². The van der Waals surface area contributed by atoms with Crippen LogP contribution in [0.15, 0.2) is 30.3 Å². The topological polar surface area (TPSA) is 70.2 Å². The first-order valence-electron chi connectivity index (χ1n) is 9.72. The molecule has 1 fully saturated rings. The van der Waals surface area contributed by atoms with Gasteiger partial charge in [0.15, 0.2) is 0 Å². The minimum absolute atomic E-state index is 0.0702. The number of nitrogens with one attached hydrogen (secondary N) is 2. The zero-order valence-electron chi connectivity index (χ0n) is 16.7. The van der Waals surface area contributed by atoms with Crippen LogP contribution in [0.25, 0.3) is 0 Å². The maximum Gasteiger partial charge on any atom is 0.224 e. The molecule has 0 bridgehead atoms. The Bertz CT molecular complexity index is 801. The second kappa shape index (κ2) is 9.24. The van der Waals surface area contributed by atoms with Crippen molar-refractivity contribution in [3.05, 3.63) is 46.7 Å². The van der Waals surface area contributed by atoms with Crippen molar-refractivity contribution >= 4 is 29.1 Å². The molecule has 1 aliphatic rings. The Kier molecular flexibility index (Phi) is 6.73. The largest absolute Gasteiger partial charge is 0.367 e. The molecule has 1 heterocycles. The zero-order chi connectivity index (χ0) is 20.1. The number of anilines is 2. The SMILES string of the molecule is Cc1nc(NC2CCC(NC(=O)Cc3ccc(Cl)cc3)CC2)cc(N(C)C)n1. The predicted molar refractivity (Wildman–Crippen MR) is 114 cm³/mol. The molecule has 2 aromatic rings. The molecule has 1 aromatic heterocycles. The highest BCUT2D eigenvalue weighted by atomic mass is 35.5. The van der Waals surface area contributed by atoms with Gasteiger partial charge in [-0.1, -0.05) is 23.7 Å². The van der Waals surface area contributed by atoms with E-state index in [0.717, 1.165) is 48.7 Å². The van der Waals surface area contributed by atoms with E-state index in [0.29, 0.717) is 17.5 Å². The first-order chi connectivity index (χ1) is 13.4. The minimum Gasteiger partial charge on any atom is -0.367 e. The van der Waals surface area contributed by atoms with Crippen molar-refractivity contribution in [1.82, 2.24) is 15.3 Å². The maximum atomic E-state index is 12.3. The molecule has 1 aliphatic carbocycles. The number of benzene rings is 1. The lowest BCUT2D eigenvalue weighted by Gasteiger charge is -2.30. The van der Waals surface area contributed by atoms with Gasteiger partial charge in [-0.05, 0) is 50.3 Å². The number of amides is 1. The van der Waals surface area contributed by atoms with Crippen LogP contribution in [0.1, 0.15) is 37.1 Å². The Morgan fingerprint density at radius 1 is 1.11 bits per heavy atom. The molecule has 1 aromatic carbocycles. The summed E-state index contributed by atoms with van der Waals surface area (Å²) >= 11 is 5.89. The van der Waals surface area contributed by atoms with Gasteiger partial charge in [-0.3, -0.25) is 4.79 Å². The van der Waals surface area contributed by atoms with E-state index < -0.39 is 0 Å². The summed E-state index contributed by atoms with van der Waals surface area (Å²) in [5.74, 6) is 2.60. The van der Waals surface area contributed by atoms with Gasteiger partial charge in [-0.2, -0.15) is 0 Å². The second-order valence-electron chi connectivity index (χ2n) is 7.62. The third-order valence-electron chi connectivity index (χ3n) is 5.00. The third kappa shape index (κ3) is 5.83. The Labute approximate surface area is 171 Å². The molecule has 1 saturated carbocycles. The average molecular weight is 402 g/mol. The van der Waals surface area contributed by atoms with Crippen molar-refractivity contribution in [3.8, 4) is 0 Å². The van der Waals surface area contributed by atoms with Crippen molar-refractivity contribution < 1.29 is 4.79 Å². The van der Waals surface area contributed by atoms with E-state index in [2.05, 4.69) is 20.6 Å². The molecule has 2 N–H and O–H groups in total. The van der Waals surface area contributed by atoms with Crippen LogP contribution < -0.4 is 15.5 Å². The van der Waals surface area contributed by atoms with Crippen LogP contribution >= 0.6 is 11.6 Å². The zero-order valence-corrected chi connectivity index (χ0v) is 17.5. The van der Waals surface area contributed by atoms with Crippen LogP contribution in [0.4, 0.5) is 11.6 Å². The highest BCUT2D eigenvalue weighted by molar-refractivity contribution is 6.30. The fraction of sp³-hybridized carbons (Fsp3) is 0.476. The van der Waals surface area contributed by atoms with Crippen molar-refractivity contribution in [2.24, 2.45) is 0 Å². The summed E-state index contributed by atoms with van der Waals surface area (Å²) in [5, 5.41) is 7.39. The Balaban J connectivity index is 1.46. The number of aryl methyl sites for hydroxylation is 1.